The van der Waals surface area contributed by atoms with Crippen molar-refractivity contribution in [2.75, 3.05) is 0 Å². The molecule has 0 aliphatic heterocycles. The molecule has 2 aromatic rings. The van der Waals surface area contributed by atoms with Crippen LogP contribution in [0.3, 0.4) is 0 Å². The Morgan fingerprint density at radius 3 is 2.56 bits per heavy atom. The van der Waals surface area contributed by atoms with Crippen molar-refractivity contribution in [2.24, 2.45) is 5.92 Å². The van der Waals surface area contributed by atoms with Crippen molar-refractivity contribution in [3.63, 3.8) is 0 Å². The number of aromatic nitrogens is 2. The molecule has 0 radical (unpaired) electrons. The second kappa shape index (κ2) is 9.55. The lowest BCUT2D eigenvalue weighted by molar-refractivity contribution is -0.132. The molecule has 0 spiro atoms. The topological polar surface area (TPSA) is 101 Å². The van der Waals surface area contributed by atoms with E-state index in [2.05, 4.69) is 28.4 Å². The Kier molecular flexibility index (Phi) is 6.49. The van der Waals surface area contributed by atoms with Gasteiger partial charge in [-0.25, -0.2) is 0 Å². The fourth-order valence-corrected chi connectivity index (χ4v) is 5.35. The first kappa shape index (κ1) is 23.1. The quantitative estimate of drug-likeness (QED) is 0.540. The summed E-state index contributed by atoms with van der Waals surface area (Å²) in [4.78, 5) is 31.6. The molecule has 5 rings (SSSR count). The summed E-state index contributed by atoms with van der Waals surface area (Å²) in [5.74, 6) is 4.16. The van der Waals surface area contributed by atoms with Gasteiger partial charge in [0.1, 0.15) is 17.1 Å². The highest BCUT2D eigenvalue weighted by Crippen LogP contribution is 2.47. The summed E-state index contributed by atoms with van der Waals surface area (Å²) in [5, 5.41) is 7.34. The maximum Gasteiger partial charge on any atom is 0.227 e. The minimum absolute atomic E-state index is 0.0827. The van der Waals surface area contributed by atoms with Crippen molar-refractivity contribution in [1.82, 2.24) is 20.4 Å². The van der Waals surface area contributed by atoms with Gasteiger partial charge < -0.3 is 19.2 Å². The van der Waals surface area contributed by atoms with E-state index in [0.29, 0.717) is 49.0 Å². The van der Waals surface area contributed by atoms with E-state index >= 15 is 0 Å². The van der Waals surface area contributed by atoms with E-state index in [1.807, 2.05) is 11.0 Å². The summed E-state index contributed by atoms with van der Waals surface area (Å²) >= 11 is 0. The van der Waals surface area contributed by atoms with Crippen molar-refractivity contribution >= 4 is 11.8 Å². The second-order valence-electron chi connectivity index (χ2n) is 10.6. The number of hydrogen-bond donors (Lipinski definition) is 1. The molecule has 184 valence electrons. The average molecular weight is 469 g/mol. The molecule has 3 aliphatic rings. The van der Waals surface area contributed by atoms with Crippen LogP contribution in [0.25, 0.3) is 0 Å². The van der Waals surface area contributed by atoms with Crippen LogP contribution in [-0.2, 0) is 28.1 Å². The highest BCUT2D eigenvalue weighted by Gasteiger charge is 2.39. The van der Waals surface area contributed by atoms with Gasteiger partial charge >= 0.3 is 0 Å². The predicted molar refractivity (Wildman–Crippen MR) is 125 cm³/mol. The molecule has 3 saturated carbocycles. The minimum Gasteiger partial charge on any atom is -0.464 e. The van der Waals surface area contributed by atoms with Crippen molar-refractivity contribution in [2.45, 2.75) is 109 Å². The molecule has 0 saturated heterocycles. The van der Waals surface area contributed by atoms with Crippen LogP contribution in [0, 0.1) is 5.92 Å². The molecular formula is C26H36N4O4. The molecule has 8 heteroatoms. The number of nitrogens with zero attached hydrogens (tertiary/aromatic N) is 3. The zero-order valence-corrected chi connectivity index (χ0v) is 20.3. The largest absolute Gasteiger partial charge is 0.464 e. The number of hydrogen-bond acceptors (Lipinski definition) is 6. The maximum atomic E-state index is 13.1. The zero-order valence-electron chi connectivity index (χ0n) is 20.3. The van der Waals surface area contributed by atoms with E-state index in [4.69, 9.17) is 8.94 Å². The van der Waals surface area contributed by atoms with Gasteiger partial charge in [0.2, 0.25) is 17.7 Å². The van der Waals surface area contributed by atoms with Gasteiger partial charge in [0.25, 0.3) is 0 Å². The Labute approximate surface area is 200 Å². The molecule has 0 bridgehead atoms. The Morgan fingerprint density at radius 1 is 1.18 bits per heavy atom. The molecule has 0 aromatic carbocycles. The molecule has 34 heavy (non-hydrogen) atoms. The van der Waals surface area contributed by atoms with Crippen LogP contribution < -0.4 is 5.32 Å². The zero-order chi connectivity index (χ0) is 23.7. The van der Waals surface area contributed by atoms with Crippen molar-refractivity contribution in [3.8, 4) is 0 Å². The van der Waals surface area contributed by atoms with E-state index in [1.54, 1.807) is 0 Å². The third-order valence-electron chi connectivity index (χ3n) is 7.61. The summed E-state index contributed by atoms with van der Waals surface area (Å²) in [6.07, 6.45) is 9.95. The Morgan fingerprint density at radius 2 is 1.91 bits per heavy atom. The van der Waals surface area contributed by atoms with E-state index < -0.39 is 5.54 Å². The van der Waals surface area contributed by atoms with Gasteiger partial charge in [-0.3, -0.25) is 9.59 Å². The Hall–Kier alpha value is -2.64. The van der Waals surface area contributed by atoms with Crippen molar-refractivity contribution < 1.29 is 18.5 Å². The van der Waals surface area contributed by atoms with Crippen molar-refractivity contribution in [3.05, 3.63) is 35.4 Å². The number of furan rings is 1. The van der Waals surface area contributed by atoms with Crippen molar-refractivity contribution in [1.29, 1.82) is 0 Å². The van der Waals surface area contributed by atoms with Crippen LogP contribution in [0.4, 0.5) is 0 Å². The van der Waals surface area contributed by atoms with Crippen LogP contribution in [-0.4, -0.2) is 32.9 Å². The molecule has 8 nitrogen and oxygen atoms in total. The molecule has 2 heterocycles. The average Bonchev–Trinajstić information content (AvgIpc) is 3.69. The minimum atomic E-state index is -0.565. The van der Waals surface area contributed by atoms with Crippen LogP contribution in [0.5, 0.6) is 0 Å². The normalized spacial score (nSPS) is 23.8. The molecule has 2 unspecified atom stereocenters. The first-order valence-electron chi connectivity index (χ1n) is 12.9. The lowest BCUT2D eigenvalue weighted by atomic mass is 9.89. The summed E-state index contributed by atoms with van der Waals surface area (Å²) in [6.45, 7) is 4.29. The molecule has 3 fully saturated rings. The first-order chi connectivity index (χ1) is 16.4. The molecule has 2 aromatic heterocycles. The maximum absolute atomic E-state index is 13.1. The monoisotopic (exact) mass is 468 g/mol. The molecular weight excluding hydrogens is 432 g/mol. The van der Waals surface area contributed by atoms with E-state index in [-0.39, 0.29) is 11.8 Å². The third-order valence-corrected chi connectivity index (χ3v) is 7.61. The second-order valence-corrected chi connectivity index (χ2v) is 10.6. The fourth-order valence-electron chi connectivity index (χ4n) is 5.35. The van der Waals surface area contributed by atoms with E-state index in [0.717, 1.165) is 62.9 Å². The highest BCUT2D eigenvalue weighted by molar-refractivity contribution is 5.77. The summed E-state index contributed by atoms with van der Waals surface area (Å²) in [7, 11) is 0. The SMILES string of the molecule is CC(=O)NC1(c2noc(CCC(=O)N(Cc3ccc(C4CC4C)o3)C3CC3)n2)CCCCCC1. The number of nitrogens with one attached hydrogen (secondary N) is 1. The predicted octanol–water partition coefficient (Wildman–Crippen LogP) is 4.60. The number of carbonyl (C=O) groups is 2. The number of rotatable bonds is 9. The molecule has 2 amide bonds. The van der Waals surface area contributed by atoms with Gasteiger partial charge in [-0.1, -0.05) is 37.8 Å². The van der Waals surface area contributed by atoms with Gasteiger partial charge in [-0.2, -0.15) is 4.98 Å². The van der Waals surface area contributed by atoms with Crippen LogP contribution in [0.2, 0.25) is 0 Å². The van der Waals surface area contributed by atoms with E-state index in [9.17, 15) is 9.59 Å². The standard InChI is InChI=1S/C26H36N4O4/c1-17-15-21(17)22-10-9-20(33-22)16-30(19-7-8-19)24(32)12-11-23-27-25(29-34-23)26(28-18(2)31)13-5-3-4-6-14-26/h9-10,17,19,21H,3-8,11-16H2,1-2H3,(H,28,31). The van der Waals surface area contributed by atoms with Gasteiger partial charge in [-0.05, 0) is 50.2 Å². The first-order valence-corrected chi connectivity index (χ1v) is 12.9. The fraction of sp³-hybridized carbons (Fsp3) is 0.692. The van der Waals surface area contributed by atoms with E-state index in [1.165, 1.54) is 13.3 Å². The highest BCUT2D eigenvalue weighted by atomic mass is 16.5. The summed E-state index contributed by atoms with van der Waals surface area (Å²) in [5.41, 5.74) is -0.565. The number of carbonyl (C=O) groups excluding carboxylic acids is 2. The molecule has 3 aliphatic carbocycles. The molecule has 1 N–H and O–H groups in total. The Balaban J connectivity index is 1.21. The van der Waals surface area contributed by atoms with Gasteiger partial charge in [0, 0.05) is 31.7 Å². The smallest absolute Gasteiger partial charge is 0.227 e. The summed E-state index contributed by atoms with van der Waals surface area (Å²) < 4.78 is 11.6. The number of aryl methyl sites for hydroxylation is 1. The number of amides is 2. The Bertz CT molecular complexity index is 1020. The van der Waals surface area contributed by atoms with Crippen LogP contribution in [0.1, 0.15) is 107 Å². The lowest BCUT2D eigenvalue weighted by Crippen LogP contribution is -2.45. The summed E-state index contributed by atoms with van der Waals surface area (Å²) in [6, 6.07) is 4.38. The van der Waals surface area contributed by atoms with Gasteiger partial charge in [0.15, 0.2) is 5.82 Å². The molecule has 2 atom stereocenters. The van der Waals surface area contributed by atoms with Crippen LogP contribution in [0.15, 0.2) is 21.1 Å². The van der Waals surface area contributed by atoms with Crippen LogP contribution >= 0.6 is 0 Å². The third kappa shape index (κ3) is 5.20. The van der Waals surface area contributed by atoms with Gasteiger partial charge in [-0.15, -0.1) is 0 Å². The lowest BCUT2D eigenvalue weighted by Gasteiger charge is -2.30. The van der Waals surface area contributed by atoms with Gasteiger partial charge in [0.05, 0.1) is 6.54 Å².